The number of morpholine rings is 1. The Bertz CT molecular complexity index is 1320. The van der Waals surface area contributed by atoms with Crippen LogP contribution in [-0.4, -0.2) is 96.8 Å². The van der Waals surface area contributed by atoms with Crippen molar-refractivity contribution >= 4 is 50.0 Å². The zero-order valence-electron chi connectivity index (χ0n) is 20.3. The number of fused-ring (bicyclic) bond motifs is 1. The van der Waals surface area contributed by atoms with Gasteiger partial charge in [-0.2, -0.15) is 0 Å². The van der Waals surface area contributed by atoms with E-state index >= 15 is 0 Å². The zero-order valence-corrected chi connectivity index (χ0v) is 21.9. The molecule has 0 amide bonds. The normalized spacial score (nSPS) is 18.4. The van der Waals surface area contributed by atoms with Gasteiger partial charge in [-0.1, -0.05) is 0 Å². The van der Waals surface area contributed by atoms with E-state index in [1.165, 1.54) is 23.7 Å². The van der Waals surface area contributed by atoms with E-state index in [1.807, 2.05) is 11.8 Å². The Morgan fingerprint density at radius 1 is 1.14 bits per heavy atom. The SMILES string of the molecule is Cc1c(CN2CCN(CS(=O)[O-])CC2)sc2c(N3CCOCC3)nc(-c3cnc(N)nc3)c([N+](=O)[O-])c12. The highest BCUT2D eigenvalue weighted by molar-refractivity contribution is 7.79. The lowest BCUT2D eigenvalue weighted by Crippen LogP contribution is -2.46. The number of aryl methyl sites for hydroxylation is 1. The van der Waals surface area contributed by atoms with E-state index in [9.17, 15) is 18.9 Å². The monoisotopic (exact) mass is 547 g/mol. The molecule has 2 aliphatic heterocycles. The first-order valence-corrected chi connectivity index (χ1v) is 13.9. The molecule has 37 heavy (non-hydrogen) atoms. The van der Waals surface area contributed by atoms with Crippen LogP contribution in [0.2, 0.25) is 0 Å². The molecule has 0 spiro atoms. The fourth-order valence-corrected chi connectivity index (χ4v) is 6.66. The molecule has 5 rings (SSSR count). The third-order valence-electron chi connectivity index (χ3n) is 6.69. The van der Waals surface area contributed by atoms with E-state index in [4.69, 9.17) is 15.5 Å². The predicted molar refractivity (Wildman–Crippen MR) is 140 cm³/mol. The highest BCUT2D eigenvalue weighted by atomic mass is 32.2. The molecule has 1 unspecified atom stereocenters. The Morgan fingerprint density at radius 2 is 1.78 bits per heavy atom. The number of nitrogen functional groups attached to an aromatic ring is 1. The molecule has 1 atom stereocenters. The van der Waals surface area contributed by atoms with Crippen molar-refractivity contribution < 1.29 is 18.4 Å². The van der Waals surface area contributed by atoms with E-state index in [2.05, 4.69) is 19.8 Å². The van der Waals surface area contributed by atoms with Crippen LogP contribution in [0.3, 0.4) is 0 Å². The van der Waals surface area contributed by atoms with E-state index in [-0.39, 0.29) is 28.1 Å². The van der Waals surface area contributed by atoms with Gasteiger partial charge in [-0.25, -0.2) is 15.0 Å². The molecule has 3 aromatic heterocycles. The summed E-state index contributed by atoms with van der Waals surface area (Å²) >= 11 is -0.567. The third kappa shape index (κ3) is 5.42. The van der Waals surface area contributed by atoms with E-state index in [1.54, 1.807) is 0 Å². The summed E-state index contributed by atoms with van der Waals surface area (Å²) in [6, 6.07) is 0. The number of nitrogens with two attached hydrogens (primary N) is 1. The van der Waals surface area contributed by atoms with Crippen LogP contribution < -0.4 is 10.6 Å². The molecule has 5 heterocycles. The molecule has 3 aromatic rings. The van der Waals surface area contributed by atoms with Gasteiger partial charge in [0.05, 0.1) is 34.1 Å². The number of pyridine rings is 1. The van der Waals surface area contributed by atoms with Crippen molar-refractivity contribution in [3.63, 3.8) is 0 Å². The van der Waals surface area contributed by atoms with Crippen LogP contribution in [-0.2, 0) is 22.4 Å². The Kier molecular flexibility index (Phi) is 7.60. The van der Waals surface area contributed by atoms with Crippen molar-refractivity contribution in [2.24, 2.45) is 0 Å². The van der Waals surface area contributed by atoms with Crippen LogP contribution in [0.15, 0.2) is 12.4 Å². The number of nitro groups is 1. The van der Waals surface area contributed by atoms with Crippen molar-refractivity contribution in [3.8, 4) is 11.3 Å². The maximum Gasteiger partial charge on any atom is 0.304 e. The van der Waals surface area contributed by atoms with E-state index < -0.39 is 11.1 Å². The molecule has 2 N–H and O–H groups in total. The van der Waals surface area contributed by atoms with E-state index in [0.717, 1.165) is 28.2 Å². The lowest BCUT2D eigenvalue weighted by molar-refractivity contribution is -0.382. The first-order valence-electron chi connectivity index (χ1n) is 11.8. The summed E-state index contributed by atoms with van der Waals surface area (Å²) in [6.45, 7) is 7.65. The topological polar surface area (TPSA) is 167 Å². The standard InChI is InChI=1S/C22H28N8O5S2/c1-14-16(12-27-2-4-28(5-3-27)13-37(33)34)36-20-17(14)19(30(31)32)18(15-10-24-22(23)25-11-15)26-21(20)29-6-8-35-9-7-29/h10-11H,2-9,12-13H2,1H3,(H,33,34)(H2,23,24,25)/p-1. The summed E-state index contributed by atoms with van der Waals surface area (Å²) in [7, 11) is 0. The van der Waals surface area contributed by atoms with Crippen molar-refractivity contribution in [2.75, 3.05) is 69.0 Å². The quantitative estimate of drug-likeness (QED) is 0.256. The zero-order chi connectivity index (χ0) is 26.1. The Balaban J connectivity index is 1.58. The van der Waals surface area contributed by atoms with Crippen molar-refractivity contribution in [1.82, 2.24) is 24.8 Å². The summed E-state index contributed by atoms with van der Waals surface area (Å²) in [5, 5.41) is 13.0. The second-order valence-electron chi connectivity index (χ2n) is 9.00. The van der Waals surface area contributed by atoms with Gasteiger partial charge in [-0.15, -0.1) is 11.3 Å². The average molecular weight is 548 g/mol. The molecule has 2 fully saturated rings. The molecule has 2 aliphatic rings. The minimum atomic E-state index is -2.10. The maximum atomic E-state index is 12.4. The fourth-order valence-electron chi connectivity index (χ4n) is 4.74. The molecule has 2 saturated heterocycles. The number of anilines is 2. The molecular weight excluding hydrogens is 520 g/mol. The average Bonchev–Trinajstić information content (AvgIpc) is 3.20. The molecule has 0 bridgehead atoms. The molecule has 198 valence electrons. The van der Waals surface area contributed by atoms with Crippen LogP contribution >= 0.6 is 11.3 Å². The minimum Gasteiger partial charge on any atom is -0.771 e. The summed E-state index contributed by atoms with van der Waals surface area (Å²) in [4.78, 5) is 32.2. The van der Waals surface area contributed by atoms with Crippen LogP contribution in [0.1, 0.15) is 10.4 Å². The lowest BCUT2D eigenvalue weighted by Gasteiger charge is -2.34. The van der Waals surface area contributed by atoms with Crippen LogP contribution in [0.5, 0.6) is 0 Å². The number of piperazine rings is 1. The molecule has 0 aromatic carbocycles. The van der Waals surface area contributed by atoms with Gasteiger partial charge in [0.15, 0.2) is 5.69 Å². The Hall–Kier alpha value is -2.82. The minimum absolute atomic E-state index is 0.0359. The van der Waals surface area contributed by atoms with Gasteiger partial charge in [0, 0.05) is 68.6 Å². The van der Waals surface area contributed by atoms with Gasteiger partial charge in [0.2, 0.25) is 5.95 Å². The largest absolute Gasteiger partial charge is 0.771 e. The first kappa shape index (κ1) is 25.8. The van der Waals surface area contributed by atoms with Crippen molar-refractivity contribution in [1.29, 1.82) is 0 Å². The van der Waals surface area contributed by atoms with Gasteiger partial charge in [-0.3, -0.25) is 24.1 Å². The molecule has 0 radical (unpaired) electrons. The van der Waals surface area contributed by atoms with Crippen LogP contribution in [0, 0.1) is 17.0 Å². The molecule has 0 saturated carbocycles. The maximum absolute atomic E-state index is 12.4. The van der Waals surface area contributed by atoms with Gasteiger partial charge in [0.1, 0.15) is 5.82 Å². The summed E-state index contributed by atoms with van der Waals surface area (Å²) in [5.41, 5.74) is 7.08. The summed E-state index contributed by atoms with van der Waals surface area (Å²) in [6.07, 6.45) is 2.92. The number of thiophene rings is 1. The number of hydrogen-bond donors (Lipinski definition) is 1. The Labute approximate surface area is 219 Å². The van der Waals surface area contributed by atoms with Crippen molar-refractivity contribution in [3.05, 3.63) is 32.9 Å². The number of hydrogen-bond acceptors (Lipinski definition) is 13. The molecule has 15 heteroatoms. The van der Waals surface area contributed by atoms with Crippen molar-refractivity contribution in [2.45, 2.75) is 13.5 Å². The summed E-state index contributed by atoms with van der Waals surface area (Å²) < 4.78 is 28.4. The lowest BCUT2D eigenvalue weighted by atomic mass is 10.1. The predicted octanol–water partition coefficient (Wildman–Crippen LogP) is 1.34. The molecular formula is C22H27N8O5S2-. The molecule has 13 nitrogen and oxygen atoms in total. The van der Waals surface area contributed by atoms with E-state index in [0.29, 0.717) is 62.7 Å². The smallest absolute Gasteiger partial charge is 0.304 e. The second-order valence-corrected chi connectivity index (χ2v) is 11.0. The molecule has 0 aliphatic carbocycles. The summed E-state index contributed by atoms with van der Waals surface area (Å²) in [5.74, 6) is 0.808. The van der Waals surface area contributed by atoms with Gasteiger partial charge < -0.3 is 19.9 Å². The first-order chi connectivity index (χ1) is 17.8. The number of nitrogens with zero attached hydrogens (tertiary/aromatic N) is 7. The van der Waals surface area contributed by atoms with Gasteiger partial charge >= 0.3 is 5.69 Å². The van der Waals surface area contributed by atoms with Gasteiger partial charge in [0.25, 0.3) is 0 Å². The van der Waals surface area contributed by atoms with Gasteiger partial charge in [-0.05, 0) is 23.6 Å². The highest BCUT2D eigenvalue weighted by Crippen LogP contribution is 2.46. The fraction of sp³-hybridized carbons (Fsp3) is 0.500. The third-order valence-corrected chi connectivity index (χ3v) is 8.53. The Morgan fingerprint density at radius 3 is 2.41 bits per heavy atom. The van der Waals surface area contributed by atoms with Crippen LogP contribution in [0.25, 0.3) is 21.3 Å². The second kappa shape index (κ2) is 10.9. The number of rotatable bonds is 7. The number of aromatic nitrogens is 3. The van der Waals surface area contributed by atoms with Crippen LogP contribution in [0.4, 0.5) is 17.5 Å². The highest BCUT2D eigenvalue weighted by Gasteiger charge is 2.31. The number of ether oxygens (including phenoxy) is 1.